The van der Waals surface area contributed by atoms with Crippen LogP contribution in [0.4, 0.5) is 0 Å². The summed E-state index contributed by atoms with van der Waals surface area (Å²) in [6.45, 7) is 4.86. The molecule has 2 aliphatic rings. The zero-order valence-corrected chi connectivity index (χ0v) is 23.6. The lowest BCUT2D eigenvalue weighted by molar-refractivity contribution is -0.160. The molecule has 7 heteroatoms. The van der Waals surface area contributed by atoms with Crippen molar-refractivity contribution >= 4 is 17.7 Å². The maximum Gasteiger partial charge on any atom is 0.348 e. The molecular weight excluding hydrogens is 522 g/mol. The number of esters is 1. The molecule has 0 spiro atoms. The molecule has 2 heterocycles. The molecule has 1 atom stereocenters. The number of nitrogens with zero attached hydrogens (tertiary/aromatic N) is 1. The van der Waals surface area contributed by atoms with E-state index in [1.165, 1.54) is 17.3 Å². The Morgan fingerprint density at radius 1 is 0.875 bits per heavy atom. The number of carbonyl (C=O) groups excluding carboxylic acids is 1. The van der Waals surface area contributed by atoms with Crippen molar-refractivity contribution in [1.29, 1.82) is 0 Å². The number of aliphatic hydroxyl groups is 1. The van der Waals surface area contributed by atoms with Gasteiger partial charge in [-0.05, 0) is 48.1 Å². The van der Waals surface area contributed by atoms with Crippen molar-refractivity contribution in [1.82, 2.24) is 4.90 Å². The molecule has 2 aliphatic heterocycles. The van der Waals surface area contributed by atoms with Gasteiger partial charge in [0, 0.05) is 25.4 Å². The normalized spacial score (nSPS) is 19.9. The van der Waals surface area contributed by atoms with Gasteiger partial charge in [-0.2, -0.15) is 0 Å². The van der Waals surface area contributed by atoms with Crippen LogP contribution in [0.3, 0.4) is 0 Å². The van der Waals surface area contributed by atoms with Gasteiger partial charge in [0.2, 0.25) is 0 Å². The lowest BCUT2D eigenvalue weighted by Crippen LogP contribution is -2.38. The van der Waals surface area contributed by atoms with Gasteiger partial charge in [0.1, 0.15) is 28.6 Å². The summed E-state index contributed by atoms with van der Waals surface area (Å²) >= 11 is 1.37. The Bertz CT molecular complexity index is 1260. The Hall–Kier alpha value is -3.26. The Morgan fingerprint density at radius 3 is 2.17 bits per heavy atom. The summed E-state index contributed by atoms with van der Waals surface area (Å²) in [5, 5.41) is 11.1. The van der Waals surface area contributed by atoms with Crippen molar-refractivity contribution in [2.45, 2.75) is 31.3 Å². The number of hydrogen-bond donors (Lipinski definition) is 1. The molecule has 40 heavy (non-hydrogen) atoms. The summed E-state index contributed by atoms with van der Waals surface area (Å²) in [7, 11) is 0. The van der Waals surface area contributed by atoms with Crippen LogP contribution in [0.2, 0.25) is 0 Å². The predicted molar refractivity (Wildman–Crippen MR) is 159 cm³/mol. The number of aliphatic hydroxyl groups excluding tert-OH is 1. The van der Waals surface area contributed by atoms with E-state index in [-0.39, 0.29) is 12.2 Å². The fraction of sp³-hybridized carbons (Fsp3) is 0.364. The molecule has 1 saturated heterocycles. The molecule has 3 aromatic rings. The minimum Gasteiger partial charge on any atom is -0.511 e. The largest absolute Gasteiger partial charge is 0.511 e. The summed E-state index contributed by atoms with van der Waals surface area (Å²) < 4.78 is 17.6. The van der Waals surface area contributed by atoms with Gasteiger partial charge in [-0.3, -0.25) is 4.90 Å². The summed E-state index contributed by atoms with van der Waals surface area (Å²) in [5.74, 6) is 1.11. The van der Waals surface area contributed by atoms with E-state index >= 15 is 0 Å². The Balaban J connectivity index is 1.28. The molecule has 0 aromatic heterocycles. The van der Waals surface area contributed by atoms with Gasteiger partial charge in [0.05, 0.1) is 19.6 Å². The number of aryl methyl sites for hydroxylation is 2. The number of ether oxygens (including phenoxy) is 3. The van der Waals surface area contributed by atoms with Crippen molar-refractivity contribution < 1.29 is 24.1 Å². The van der Waals surface area contributed by atoms with Crippen LogP contribution in [0.5, 0.6) is 5.75 Å². The zero-order chi connectivity index (χ0) is 27.6. The molecule has 1 fully saturated rings. The first-order chi connectivity index (χ1) is 19.6. The van der Waals surface area contributed by atoms with Gasteiger partial charge in [0.15, 0.2) is 0 Å². The number of cyclic esters (lactones) is 1. The van der Waals surface area contributed by atoms with E-state index in [0.717, 1.165) is 62.6 Å². The van der Waals surface area contributed by atoms with Gasteiger partial charge >= 0.3 is 5.97 Å². The molecule has 6 nitrogen and oxygen atoms in total. The summed E-state index contributed by atoms with van der Waals surface area (Å²) in [5.41, 5.74) is 2.26. The average Bonchev–Trinajstić information content (AvgIpc) is 2.99. The van der Waals surface area contributed by atoms with Gasteiger partial charge in [0.25, 0.3) is 0 Å². The minimum atomic E-state index is -0.952. The van der Waals surface area contributed by atoms with Crippen LogP contribution in [-0.4, -0.2) is 61.2 Å². The summed E-state index contributed by atoms with van der Waals surface area (Å²) in [6.07, 6.45) is 2.33. The third-order valence-corrected chi connectivity index (χ3v) is 8.59. The van der Waals surface area contributed by atoms with Crippen molar-refractivity contribution in [3.8, 4) is 5.75 Å². The SMILES string of the molecule is O=C1OC(CCc2ccccc2)(c2ccc(OCCN3CCOCC3)cc2)CC(O)=C1SCCc1ccccc1. The topological polar surface area (TPSA) is 68.2 Å². The Labute approximate surface area is 240 Å². The van der Waals surface area contributed by atoms with E-state index in [1.807, 2.05) is 60.7 Å². The van der Waals surface area contributed by atoms with Crippen LogP contribution in [0, 0.1) is 0 Å². The molecule has 0 radical (unpaired) electrons. The van der Waals surface area contributed by atoms with E-state index in [4.69, 9.17) is 14.2 Å². The predicted octanol–water partition coefficient (Wildman–Crippen LogP) is 5.92. The number of rotatable bonds is 12. The van der Waals surface area contributed by atoms with Crippen molar-refractivity contribution in [2.24, 2.45) is 0 Å². The number of thioether (sulfide) groups is 1. The quantitative estimate of drug-likeness (QED) is 0.276. The standard InChI is InChI=1S/C33H37NO5S/c35-30-25-33(17-15-26-7-3-1-4-8-26,39-32(36)31(30)40-24-16-27-9-5-2-6-10-27)28-11-13-29(14-12-28)38-23-20-34-18-21-37-22-19-34/h1-14,35H,15-25H2. The van der Waals surface area contributed by atoms with E-state index in [1.54, 1.807) is 0 Å². The highest BCUT2D eigenvalue weighted by molar-refractivity contribution is 8.04. The summed E-state index contributed by atoms with van der Waals surface area (Å²) in [4.78, 5) is 16.0. The fourth-order valence-corrected chi connectivity index (χ4v) is 6.13. The molecule has 1 unspecified atom stereocenters. The monoisotopic (exact) mass is 559 g/mol. The van der Waals surface area contributed by atoms with Crippen molar-refractivity contribution in [3.05, 3.63) is 112 Å². The zero-order valence-electron chi connectivity index (χ0n) is 22.8. The maximum absolute atomic E-state index is 13.3. The third kappa shape index (κ3) is 7.47. The van der Waals surface area contributed by atoms with Gasteiger partial charge in [-0.15, -0.1) is 11.8 Å². The van der Waals surface area contributed by atoms with Gasteiger partial charge in [-0.25, -0.2) is 4.79 Å². The Morgan fingerprint density at radius 2 is 1.52 bits per heavy atom. The van der Waals surface area contributed by atoms with Gasteiger partial charge in [-0.1, -0.05) is 72.8 Å². The highest BCUT2D eigenvalue weighted by Gasteiger charge is 2.43. The highest BCUT2D eigenvalue weighted by Crippen LogP contribution is 2.44. The third-order valence-electron chi connectivity index (χ3n) is 7.49. The number of hydrogen-bond acceptors (Lipinski definition) is 7. The van der Waals surface area contributed by atoms with E-state index < -0.39 is 11.6 Å². The maximum atomic E-state index is 13.3. The van der Waals surface area contributed by atoms with Crippen molar-refractivity contribution in [3.63, 3.8) is 0 Å². The molecule has 5 rings (SSSR count). The molecule has 0 bridgehead atoms. The minimum absolute atomic E-state index is 0.105. The first-order valence-corrected chi connectivity index (χ1v) is 15.0. The average molecular weight is 560 g/mol. The smallest absolute Gasteiger partial charge is 0.348 e. The van der Waals surface area contributed by atoms with Crippen LogP contribution in [0.1, 0.15) is 29.5 Å². The van der Waals surface area contributed by atoms with E-state index in [9.17, 15) is 9.90 Å². The molecular formula is C33H37NO5S. The first kappa shape index (κ1) is 28.3. The van der Waals surface area contributed by atoms with Crippen LogP contribution >= 0.6 is 11.8 Å². The molecule has 3 aromatic carbocycles. The second-order valence-electron chi connectivity index (χ2n) is 10.2. The van der Waals surface area contributed by atoms with Crippen molar-refractivity contribution in [2.75, 3.05) is 45.2 Å². The molecule has 1 N–H and O–H groups in total. The number of carbonyl (C=O) groups is 1. The number of benzene rings is 3. The summed E-state index contributed by atoms with van der Waals surface area (Å²) in [6, 6.07) is 28.1. The van der Waals surface area contributed by atoms with Crippen LogP contribution in [0.15, 0.2) is 95.6 Å². The first-order valence-electron chi connectivity index (χ1n) is 14.0. The van der Waals surface area contributed by atoms with Crippen LogP contribution < -0.4 is 4.74 Å². The lowest BCUT2D eigenvalue weighted by Gasteiger charge is -2.37. The highest BCUT2D eigenvalue weighted by atomic mass is 32.2. The Kier molecular flexibility index (Phi) is 9.81. The second-order valence-corrected chi connectivity index (χ2v) is 11.3. The van der Waals surface area contributed by atoms with Crippen LogP contribution in [0.25, 0.3) is 0 Å². The second kappa shape index (κ2) is 13.9. The molecule has 0 amide bonds. The fourth-order valence-electron chi connectivity index (χ4n) is 5.19. The van der Waals surface area contributed by atoms with E-state index in [0.29, 0.717) is 23.7 Å². The number of morpholine rings is 1. The van der Waals surface area contributed by atoms with Crippen LogP contribution in [-0.2, 0) is 32.7 Å². The molecule has 0 saturated carbocycles. The molecule has 0 aliphatic carbocycles. The van der Waals surface area contributed by atoms with E-state index in [2.05, 4.69) is 29.2 Å². The van der Waals surface area contributed by atoms with Gasteiger partial charge < -0.3 is 19.3 Å². The lowest BCUT2D eigenvalue weighted by atomic mass is 9.82. The molecule has 210 valence electrons.